The Morgan fingerprint density at radius 2 is 1.74 bits per heavy atom. The van der Waals surface area contributed by atoms with Crippen LogP contribution in [0.5, 0.6) is 5.88 Å². The average Bonchev–Trinajstić information content (AvgIpc) is 2.90. The largest absolute Gasteiger partial charge is 1.00 e. The van der Waals surface area contributed by atoms with Crippen LogP contribution in [0.2, 0.25) is 5.02 Å². The number of rotatable bonds is 6. The van der Waals surface area contributed by atoms with Crippen LogP contribution in [0.15, 0.2) is 48.5 Å². The molecule has 0 N–H and O–H groups in total. The van der Waals surface area contributed by atoms with Crippen molar-refractivity contribution in [1.29, 1.82) is 0 Å². The summed E-state index contributed by atoms with van der Waals surface area (Å²) in [6.45, 7) is 0.339. The molecule has 2 aromatic carbocycles. The quantitative estimate of drug-likeness (QED) is 0.281. The molecule has 7 nitrogen and oxygen atoms in total. The Morgan fingerprint density at radius 3 is 2.37 bits per heavy atom. The van der Waals surface area contributed by atoms with E-state index in [1.165, 1.54) is 0 Å². The number of carbonyl (C=O) groups is 2. The molecule has 0 saturated carbocycles. The van der Waals surface area contributed by atoms with E-state index in [0.717, 1.165) is 5.56 Å². The number of carbonyl (C=O) groups excluding carboxylic acids is 2. The summed E-state index contributed by atoms with van der Waals surface area (Å²) in [4.78, 5) is 21.8. The van der Waals surface area contributed by atoms with Gasteiger partial charge >= 0.3 is 103 Å². The minimum absolute atomic E-state index is 0. The van der Waals surface area contributed by atoms with E-state index in [1.54, 1.807) is 47.1 Å². The van der Waals surface area contributed by atoms with Crippen LogP contribution in [0.3, 0.4) is 0 Å². The van der Waals surface area contributed by atoms with Crippen molar-refractivity contribution in [3.05, 3.63) is 59.1 Å². The molecule has 0 atom stereocenters. The summed E-state index contributed by atoms with van der Waals surface area (Å²) >= 11 is 5.97. The smallest absolute Gasteiger partial charge is 0.546 e. The summed E-state index contributed by atoms with van der Waals surface area (Å²) in [5.74, 6) is -3.95. The molecule has 1 heterocycles. The number of aliphatic carboxylic acids is 2. The van der Waals surface area contributed by atoms with Crippen LogP contribution >= 0.6 is 11.6 Å². The minimum Gasteiger partial charge on any atom is -0.546 e. The van der Waals surface area contributed by atoms with Crippen LogP contribution in [0, 0.1) is 0 Å². The van der Waals surface area contributed by atoms with E-state index in [0.29, 0.717) is 22.5 Å². The summed E-state index contributed by atoms with van der Waals surface area (Å²) in [6, 6.07) is 14.0. The number of halogens is 1. The standard InChI is InChI=1S/C17H13ClN2O5.2K/c18-11-5-3-4-10(8-11)9-20-13-7-2-1-6-12(13)15(19-20)25-14(16(21)22)17(23)24;;/h1-8,14H,9H2,(H,21,22)(H,23,24);;/q;2*+1/p-2. The van der Waals surface area contributed by atoms with Crippen molar-refractivity contribution < 1.29 is 127 Å². The molecule has 0 radical (unpaired) electrons. The van der Waals surface area contributed by atoms with Gasteiger partial charge in [0.05, 0.1) is 29.4 Å². The first kappa shape index (κ1) is 25.2. The molecule has 1 aromatic heterocycles. The second kappa shape index (κ2) is 11.4. The molecule has 0 saturated heterocycles. The molecule has 10 heteroatoms. The molecule has 0 fully saturated rings. The Kier molecular flexibility index (Phi) is 10.7. The Morgan fingerprint density at radius 1 is 1.07 bits per heavy atom. The maximum atomic E-state index is 10.9. The number of nitrogens with zero attached hydrogens (tertiary/aromatic N) is 2. The maximum absolute atomic E-state index is 10.9. The van der Waals surface area contributed by atoms with Crippen LogP contribution < -0.4 is 118 Å². The van der Waals surface area contributed by atoms with E-state index in [1.807, 2.05) is 6.07 Å². The van der Waals surface area contributed by atoms with Crippen LogP contribution in [0.25, 0.3) is 10.9 Å². The van der Waals surface area contributed by atoms with Crippen LogP contribution in [-0.4, -0.2) is 27.8 Å². The molecule has 0 aliphatic carbocycles. The van der Waals surface area contributed by atoms with E-state index in [2.05, 4.69) is 5.10 Å². The fraction of sp³-hybridized carbons (Fsp3) is 0.118. The van der Waals surface area contributed by atoms with Crippen LogP contribution in [-0.2, 0) is 16.1 Å². The normalized spacial score (nSPS) is 10.1. The van der Waals surface area contributed by atoms with Crippen molar-refractivity contribution in [2.45, 2.75) is 12.6 Å². The summed E-state index contributed by atoms with van der Waals surface area (Å²) in [6.07, 6.45) is -2.25. The van der Waals surface area contributed by atoms with Gasteiger partial charge in [-0.1, -0.05) is 35.9 Å². The number of para-hydroxylation sites is 1. The first-order valence-electron chi connectivity index (χ1n) is 7.24. The van der Waals surface area contributed by atoms with Crippen LogP contribution in [0.4, 0.5) is 0 Å². The molecule has 27 heavy (non-hydrogen) atoms. The zero-order valence-electron chi connectivity index (χ0n) is 14.7. The topological polar surface area (TPSA) is 107 Å². The van der Waals surface area contributed by atoms with Gasteiger partial charge in [-0.05, 0) is 29.8 Å². The van der Waals surface area contributed by atoms with Gasteiger partial charge < -0.3 is 24.5 Å². The Labute approximate surface area is 244 Å². The predicted molar refractivity (Wildman–Crippen MR) is 84.7 cm³/mol. The number of hydrogen-bond donors (Lipinski definition) is 0. The molecule has 128 valence electrons. The number of fused-ring (bicyclic) bond motifs is 1. The first-order valence-corrected chi connectivity index (χ1v) is 7.62. The summed E-state index contributed by atoms with van der Waals surface area (Å²) in [5.41, 5.74) is 1.51. The van der Waals surface area contributed by atoms with Crippen molar-refractivity contribution in [1.82, 2.24) is 9.78 Å². The van der Waals surface area contributed by atoms with Crippen molar-refractivity contribution >= 4 is 34.4 Å². The van der Waals surface area contributed by atoms with Gasteiger partial charge in [0.1, 0.15) is 0 Å². The molecule has 0 aliphatic rings. The van der Waals surface area contributed by atoms with Gasteiger partial charge in [0, 0.05) is 5.02 Å². The second-order valence-corrected chi connectivity index (χ2v) is 5.68. The van der Waals surface area contributed by atoms with E-state index in [4.69, 9.17) is 16.3 Å². The average molecular weight is 437 g/mol. The minimum atomic E-state index is -2.25. The number of benzene rings is 2. The van der Waals surface area contributed by atoms with Gasteiger partial charge in [-0.3, -0.25) is 4.68 Å². The maximum Gasteiger partial charge on any atom is 1.00 e. The van der Waals surface area contributed by atoms with Crippen molar-refractivity contribution in [3.63, 3.8) is 0 Å². The number of ether oxygens (including phenoxy) is 1. The first-order chi connectivity index (χ1) is 12.0. The third kappa shape index (κ3) is 6.35. The number of aromatic nitrogens is 2. The Hall–Kier alpha value is 0.213. The zero-order valence-corrected chi connectivity index (χ0v) is 21.7. The van der Waals surface area contributed by atoms with Gasteiger partial charge in [0.15, 0.2) is 6.10 Å². The second-order valence-electron chi connectivity index (χ2n) is 5.25. The third-order valence-corrected chi connectivity index (χ3v) is 3.74. The number of hydrogen-bond acceptors (Lipinski definition) is 6. The molecule has 0 spiro atoms. The number of carboxylic acids is 2. The van der Waals surface area contributed by atoms with Gasteiger partial charge in [0.25, 0.3) is 0 Å². The monoisotopic (exact) mass is 436 g/mol. The molecule has 0 aliphatic heterocycles. The summed E-state index contributed by atoms with van der Waals surface area (Å²) < 4.78 is 6.58. The molecular weight excluding hydrogens is 426 g/mol. The molecule has 0 bridgehead atoms. The van der Waals surface area contributed by atoms with Crippen molar-refractivity contribution in [2.75, 3.05) is 0 Å². The predicted octanol–water partition coefficient (Wildman–Crippen LogP) is -6.01. The summed E-state index contributed by atoms with van der Waals surface area (Å²) in [7, 11) is 0. The molecule has 3 aromatic rings. The fourth-order valence-electron chi connectivity index (χ4n) is 2.42. The van der Waals surface area contributed by atoms with Gasteiger partial charge in [-0.2, -0.15) is 0 Å². The van der Waals surface area contributed by atoms with Gasteiger partial charge in [0.2, 0.25) is 5.88 Å². The summed E-state index contributed by atoms with van der Waals surface area (Å²) in [5, 5.41) is 27.0. The Bertz CT molecular complexity index is 949. The van der Waals surface area contributed by atoms with E-state index in [9.17, 15) is 19.8 Å². The third-order valence-electron chi connectivity index (χ3n) is 3.50. The molecule has 0 amide bonds. The van der Waals surface area contributed by atoms with Gasteiger partial charge in [-0.25, -0.2) is 0 Å². The molecule has 3 rings (SSSR count). The zero-order chi connectivity index (χ0) is 18.0. The number of carboxylic acid groups (broad SMARTS) is 2. The van der Waals surface area contributed by atoms with E-state index in [-0.39, 0.29) is 109 Å². The van der Waals surface area contributed by atoms with Crippen LogP contribution in [0.1, 0.15) is 5.56 Å². The Balaban J connectivity index is 0.00000182. The van der Waals surface area contributed by atoms with E-state index < -0.39 is 18.0 Å². The van der Waals surface area contributed by atoms with Gasteiger partial charge in [-0.15, -0.1) is 5.10 Å². The van der Waals surface area contributed by atoms with Crippen molar-refractivity contribution in [2.24, 2.45) is 0 Å². The SMILES string of the molecule is O=C([O-])C(Oc1nn(Cc2cccc(Cl)c2)c2ccccc12)C(=O)[O-].[K+].[K+]. The van der Waals surface area contributed by atoms with E-state index >= 15 is 0 Å². The fourth-order valence-corrected chi connectivity index (χ4v) is 2.63. The molecular formula is C17H11ClK2N2O5. The molecule has 0 unspecified atom stereocenters. The van der Waals surface area contributed by atoms with Crippen molar-refractivity contribution in [3.8, 4) is 5.88 Å².